The fourth-order valence-electron chi connectivity index (χ4n) is 1.71. The molecule has 1 heterocycles. The third-order valence-corrected chi connectivity index (χ3v) is 2.86. The van der Waals surface area contributed by atoms with Crippen LogP contribution in [-0.4, -0.2) is 28.2 Å². The second-order valence-corrected chi connectivity index (χ2v) is 4.86. The number of carbonyl (C=O) groups is 1. The smallest absolute Gasteiger partial charge is 0.295 e. The van der Waals surface area contributed by atoms with Crippen molar-refractivity contribution in [2.45, 2.75) is 26.7 Å². The minimum atomic E-state index is -0.365. The van der Waals surface area contributed by atoms with Gasteiger partial charge in [-0.15, -0.1) is 5.10 Å². The number of H-pyrrole nitrogens is 1. The van der Waals surface area contributed by atoms with Crippen molar-refractivity contribution < 1.29 is 9.53 Å². The van der Waals surface area contributed by atoms with E-state index in [2.05, 4.69) is 20.5 Å². The number of rotatable bonds is 4. The number of nitrogens with zero attached hydrogens (tertiary/aromatic N) is 2. The summed E-state index contributed by atoms with van der Waals surface area (Å²) in [6.45, 7) is 5.91. The van der Waals surface area contributed by atoms with E-state index in [9.17, 15) is 4.79 Å². The number of methoxy groups -OCH3 is 1. The van der Waals surface area contributed by atoms with Crippen molar-refractivity contribution in [3.8, 4) is 5.75 Å². The largest absolute Gasteiger partial charge is 0.495 e. The molecule has 1 aromatic heterocycles. The van der Waals surface area contributed by atoms with E-state index >= 15 is 0 Å². The number of aryl methyl sites for hydroxylation is 1. The number of nitrogens with one attached hydrogen (secondary N) is 2. The molecule has 0 saturated heterocycles. The first-order chi connectivity index (χ1) is 9.51. The summed E-state index contributed by atoms with van der Waals surface area (Å²) in [4.78, 5) is 16.3. The van der Waals surface area contributed by atoms with Crippen LogP contribution in [0.4, 0.5) is 5.69 Å². The number of aromatic amines is 1. The number of carbonyl (C=O) groups excluding carboxylic acids is 1. The van der Waals surface area contributed by atoms with Crippen molar-refractivity contribution in [2.75, 3.05) is 12.4 Å². The van der Waals surface area contributed by atoms with Gasteiger partial charge < -0.3 is 10.1 Å². The third kappa shape index (κ3) is 2.96. The van der Waals surface area contributed by atoms with Gasteiger partial charge in [-0.05, 0) is 24.6 Å². The number of benzene rings is 1. The lowest BCUT2D eigenvalue weighted by Crippen LogP contribution is -2.14. The molecule has 106 valence electrons. The van der Waals surface area contributed by atoms with Crippen LogP contribution >= 0.6 is 0 Å². The van der Waals surface area contributed by atoms with Gasteiger partial charge in [-0.25, -0.2) is 4.98 Å². The summed E-state index contributed by atoms with van der Waals surface area (Å²) in [5.74, 6) is 1.24. The maximum Gasteiger partial charge on any atom is 0.295 e. The van der Waals surface area contributed by atoms with Gasteiger partial charge in [0.05, 0.1) is 12.8 Å². The van der Waals surface area contributed by atoms with Crippen LogP contribution in [0.1, 0.15) is 41.8 Å². The number of ether oxygens (including phenoxy) is 1. The molecule has 2 N–H and O–H groups in total. The van der Waals surface area contributed by atoms with Gasteiger partial charge in [-0.2, -0.15) is 0 Å². The highest BCUT2D eigenvalue weighted by molar-refractivity contribution is 6.02. The van der Waals surface area contributed by atoms with Gasteiger partial charge in [0.1, 0.15) is 11.6 Å². The summed E-state index contributed by atoms with van der Waals surface area (Å²) in [5.41, 5.74) is 1.65. The Labute approximate surface area is 117 Å². The number of aromatic nitrogens is 3. The molecule has 0 aliphatic carbocycles. The van der Waals surface area contributed by atoms with Crippen LogP contribution in [0.25, 0.3) is 0 Å². The third-order valence-electron chi connectivity index (χ3n) is 2.86. The number of hydrogen-bond acceptors (Lipinski definition) is 4. The van der Waals surface area contributed by atoms with Crippen molar-refractivity contribution >= 4 is 11.6 Å². The Morgan fingerprint density at radius 1 is 1.40 bits per heavy atom. The molecule has 1 amide bonds. The molecule has 0 aliphatic rings. The molecule has 2 rings (SSSR count). The summed E-state index contributed by atoms with van der Waals surface area (Å²) < 4.78 is 5.24. The highest BCUT2D eigenvalue weighted by Crippen LogP contribution is 2.25. The molecular formula is C14H18N4O2. The van der Waals surface area contributed by atoms with Gasteiger partial charge in [0.2, 0.25) is 5.82 Å². The molecule has 0 spiro atoms. The SMILES string of the molecule is COc1cc(C)ccc1NC(=O)c1n[nH]c(C(C)C)n1. The van der Waals surface area contributed by atoms with Crippen LogP contribution in [0.3, 0.4) is 0 Å². The molecule has 0 bridgehead atoms. The van der Waals surface area contributed by atoms with Crippen molar-refractivity contribution in [1.29, 1.82) is 0 Å². The highest BCUT2D eigenvalue weighted by Gasteiger charge is 2.15. The maximum absolute atomic E-state index is 12.1. The van der Waals surface area contributed by atoms with Crippen LogP contribution in [0.5, 0.6) is 5.75 Å². The molecule has 2 aromatic rings. The zero-order valence-corrected chi connectivity index (χ0v) is 12.0. The van der Waals surface area contributed by atoms with Gasteiger partial charge in [-0.3, -0.25) is 9.89 Å². The molecule has 6 nitrogen and oxygen atoms in total. The van der Waals surface area contributed by atoms with Crippen LogP contribution < -0.4 is 10.1 Å². The van der Waals surface area contributed by atoms with E-state index in [-0.39, 0.29) is 17.6 Å². The van der Waals surface area contributed by atoms with Crippen molar-refractivity contribution in [3.05, 3.63) is 35.4 Å². The minimum Gasteiger partial charge on any atom is -0.495 e. The van der Waals surface area contributed by atoms with E-state index < -0.39 is 0 Å². The predicted octanol–water partition coefficient (Wildman–Crippen LogP) is 2.50. The van der Waals surface area contributed by atoms with E-state index in [1.165, 1.54) is 0 Å². The quantitative estimate of drug-likeness (QED) is 0.897. The van der Waals surface area contributed by atoms with Gasteiger partial charge in [0, 0.05) is 5.92 Å². The summed E-state index contributed by atoms with van der Waals surface area (Å²) in [6, 6.07) is 5.55. The molecule has 0 fully saturated rings. The normalized spacial score (nSPS) is 10.7. The predicted molar refractivity (Wildman–Crippen MR) is 76.2 cm³/mol. The van der Waals surface area contributed by atoms with Gasteiger partial charge in [0.15, 0.2) is 0 Å². The van der Waals surface area contributed by atoms with Gasteiger partial charge in [0.25, 0.3) is 5.91 Å². The Bertz CT molecular complexity index is 619. The molecule has 0 aliphatic heterocycles. The lowest BCUT2D eigenvalue weighted by atomic mass is 10.2. The standard InChI is InChI=1S/C14H18N4O2/c1-8(2)12-16-13(18-17-12)14(19)15-10-6-5-9(3)7-11(10)20-4/h5-8H,1-4H3,(H,15,19)(H,16,17,18). The Morgan fingerprint density at radius 3 is 2.75 bits per heavy atom. The second kappa shape index (κ2) is 5.73. The zero-order valence-electron chi connectivity index (χ0n) is 12.0. The zero-order chi connectivity index (χ0) is 14.7. The summed E-state index contributed by atoms with van der Waals surface area (Å²) in [5, 5.41) is 9.42. The average molecular weight is 274 g/mol. The molecule has 0 atom stereocenters. The summed E-state index contributed by atoms with van der Waals surface area (Å²) in [6.07, 6.45) is 0. The Balaban J connectivity index is 2.18. The maximum atomic E-state index is 12.1. The molecule has 6 heteroatoms. The van der Waals surface area contributed by atoms with E-state index in [1.54, 1.807) is 13.2 Å². The van der Waals surface area contributed by atoms with E-state index in [0.29, 0.717) is 17.3 Å². The lowest BCUT2D eigenvalue weighted by molar-refractivity contribution is 0.101. The fourth-order valence-corrected chi connectivity index (χ4v) is 1.71. The lowest BCUT2D eigenvalue weighted by Gasteiger charge is -2.09. The minimum absolute atomic E-state index is 0.122. The molecule has 1 aromatic carbocycles. The van der Waals surface area contributed by atoms with Crippen LogP contribution in [0.2, 0.25) is 0 Å². The van der Waals surface area contributed by atoms with Crippen molar-refractivity contribution in [3.63, 3.8) is 0 Å². The number of amides is 1. The molecule has 0 radical (unpaired) electrons. The fraction of sp³-hybridized carbons (Fsp3) is 0.357. The first kappa shape index (κ1) is 14.0. The van der Waals surface area contributed by atoms with Crippen LogP contribution in [-0.2, 0) is 0 Å². The number of anilines is 1. The summed E-state index contributed by atoms with van der Waals surface area (Å²) >= 11 is 0. The first-order valence-corrected chi connectivity index (χ1v) is 6.39. The number of hydrogen-bond donors (Lipinski definition) is 2. The molecular weight excluding hydrogens is 256 g/mol. The Hall–Kier alpha value is -2.37. The van der Waals surface area contributed by atoms with Crippen LogP contribution in [0.15, 0.2) is 18.2 Å². The Kier molecular flexibility index (Phi) is 4.02. The van der Waals surface area contributed by atoms with Gasteiger partial charge >= 0.3 is 0 Å². The Morgan fingerprint density at radius 2 is 2.15 bits per heavy atom. The average Bonchev–Trinajstić information content (AvgIpc) is 2.90. The first-order valence-electron chi connectivity index (χ1n) is 6.39. The van der Waals surface area contributed by atoms with E-state index in [1.807, 2.05) is 32.9 Å². The molecule has 0 unspecified atom stereocenters. The molecule has 20 heavy (non-hydrogen) atoms. The van der Waals surface area contributed by atoms with E-state index in [4.69, 9.17) is 4.74 Å². The van der Waals surface area contributed by atoms with Crippen molar-refractivity contribution in [1.82, 2.24) is 15.2 Å². The van der Waals surface area contributed by atoms with Gasteiger partial charge in [-0.1, -0.05) is 19.9 Å². The topological polar surface area (TPSA) is 79.9 Å². The van der Waals surface area contributed by atoms with E-state index in [0.717, 1.165) is 5.56 Å². The van der Waals surface area contributed by atoms with Crippen molar-refractivity contribution in [2.24, 2.45) is 0 Å². The molecule has 0 saturated carbocycles. The van der Waals surface area contributed by atoms with Crippen LogP contribution in [0, 0.1) is 6.92 Å². The summed E-state index contributed by atoms with van der Waals surface area (Å²) in [7, 11) is 1.56. The highest BCUT2D eigenvalue weighted by atomic mass is 16.5. The second-order valence-electron chi connectivity index (χ2n) is 4.86. The monoisotopic (exact) mass is 274 g/mol.